The zero-order valence-corrected chi connectivity index (χ0v) is 12.1. The van der Waals surface area contributed by atoms with Crippen molar-refractivity contribution in [2.75, 3.05) is 6.61 Å². The average molecular weight is 263 g/mol. The monoisotopic (exact) mass is 262 g/mol. The van der Waals surface area contributed by atoms with E-state index in [0.717, 1.165) is 12.8 Å². The fourth-order valence-electron chi connectivity index (χ4n) is 1.80. The highest BCUT2D eigenvalue weighted by molar-refractivity contribution is 6.20. The molecule has 2 nitrogen and oxygen atoms in total. The molecule has 0 aromatic carbocycles. The van der Waals surface area contributed by atoms with Crippen molar-refractivity contribution in [1.82, 2.24) is 0 Å². The molecule has 0 aliphatic rings. The van der Waals surface area contributed by atoms with Gasteiger partial charge in [-0.25, -0.2) is 0 Å². The number of alkyl halides is 1. The second kappa shape index (κ2) is 12.2. The van der Waals surface area contributed by atoms with Crippen LogP contribution in [-0.2, 0) is 9.53 Å². The van der Waals surface area contributed by atoms with Gasteiger partial charge >= 0.3 is 5.97 Å². The molecule has 0 fully saturated rings. The third-order valence-corrected chi connectivity index (χ3v) is 3.02. The number of hydrogen-bond acceptors (Lipinski definition) is 2. The van der Waals surface area contributed by atoms with Crippen LogP contribution in [0.25, 0.3) is 0 Å². The van der Waals surface area contributed by atoms with E-state index in [1.807, 2.05) is 0 Å². The van der Waals surface area contributed by atoms with E-state index in [-0.39, 0.29) is 5.97 Å². The van der Waals surface area contributed by atoms with Crippen LogP contribution in [0.4, 0.5) is 0 Å². The third-order valence-electron chi connectivity index (χ3n) is 2.80. The number of carbonyl (C=O) groups is 1. The van der Waals surface area contributed by atoms with Crippen molar-refractivity contribution < 1.29 is 9.53 Å². The lowest BCUT2D eigenvalue weighted by Gasteiger charge is -2.04. The van der Waals surface area contributed by atoms with Gasteiger partial charge in [0.1, 0.15) is 0 Å². The van der Waals surface area contributed by atoms with Gasteiger partial charge in [-0.1, -0.05) is 44.9 Å². The van der Waals surface area contributed by atoms with Crippen LogP contribution in [0.15, 0.2) is 0 Å². The largest absolute Gasteiger partial charge is 0.466 e. The summed E-state index contributed by atoms with van der Waals surface area (Å²) in [7, 11) is 0. The standard InChI is InChI=1S/C14H27ClO2/c1-13(15)11-9-7-5-3-4-6-8-10-12-17-14(2)16/h13H,3-12H2,1-2H3. The highest BCUT2D eigenvalue weighted by Gasteiger charge is 1.97. The average Bonchev–Trinajstić information content (AvgIpc) is 2.25. The Bertz CT molecular complexity index is 181. The Kier molecular flexibility index (Phi) is 12.1. The minimum absolute atomic E-state index is 0.168. The SMILES string of the molecule is CC(=O)OCCCCCCCCCCC(C)Cl. The summed E-state index contributed by atoms with van der Waals surface area (Å²) in [5.41, 5.74) is 0. The molecule has 0 spiro atoms. The summed E-state index contributed by atoms with van der Waals surface area (Å²) >= 11 is 5.88. The lowest BCUT2D eigenvalue weighted by atomic mass is 10.1. The molecular formula is C14H27ClO2. The molecule has 0 aliphatic carbocycles. The molecule has 0 rings (SSSR count). The number of rotatable bonds is 11. The van der Waals surface area contributed by atoms with E-state index in [0.29, 0.717) is 12.0 Å². The zero-order chi connectivity index (χ0) is 12.9. The number of esters is 1. The summed E-state index contributed by atoms with van der Waals surface area (Å²) in [4.78, 5) is 10.5. The molecule has 0 N–H and O–H groups in total. The van der Waals surface area contributed by atoms with E-state index < -0.39 is 0 Å². The summed E-state index contributed by atoms with van der Waals surface area (Å²) in [5, 5.41) is 0.330. The Morgan fingerprint density at radius 3 is 1.94 bits per heavy atom. The number of unbranched alkanes of at least 4 members (excludes halogenated alkanes) is 7. The first-order valence-electron chi connectivity index (χ1n) is 6.90. The van der Waals surface area contributed by atoms with Crippen LogP contribution in [0.3, 0.4) is 0 Å². The Balaban J connectivity index is 2.96. The maximum absolute atomic E-state index is 10.5. The van der Waals surface area contributed by atoms with Crippen molar-refractivity contribution in [3.8, 4) is 0 Å². The van der Waals surface area contributed by atoms with Crippen molar-refractivity contribution >= 4 is 17.6 Å². The van der Waals surface area contributed by atoms with E-state index in [1.165, 1.54) is 51.9 Å². The summed E-state index contributed by atoms with van der Waals surface area (Å²) in [6.45, 7) is 4.11. The summed E-state index contributed by atoms with van der Waals surface area (Å²) < 4.78 is 4.87. The van der Waals surface area contributed by atoms with Crippen molar-refractivity contribution in [2.24, 2.45) is 0 Å². The van der Waals surface area contributed by atoms with Crippen LogP contribution in [0.1, 0.15) is 71.6 Å². The summed E-state index contributed by atoms with van der Waals surface area (Å²) in [5.74, 6) is -0.168. The van der Waals surface area contributed by atoms with Crippen LogP contribution in [0.5, 0.6) is 0 Å². The predicted molar refractivity (Wildman–Crippen MR) is 73.5 cm³/mol. The third kappa shape index (κ3) is 15.8. The Labute approximate surface area is 111 Å². The summed E-state index contributed by atoms with van der Waals surface area (Å²) in [6, 6.07) is 0. The molecule has 0 saturated heterocycles. The Morgan fingerprint density at radius 1 is 1.00 bits per heavy atom. The molecule has 0 amide bonds. The number of carbonyl (C=O) groups excluding carboxylic acids is 1. The summed E-state index contributed by atoms with van der Waals surface area (Å²) in [6.07, 6.45) is 11.1. The topological polar surface area (TPSA) is 26.3 Å². The van der Waals surface area contributed by atoms with E-state index in [2.05, 4.69) is 6.92 Å². The lowest BCUT2D eigenvalue weighted by Crippen LogP contribution is -2.00. The Hall–Kier alpha value is -0.240. The van der Waals surface area contributed by atoms with Crippen molar-refractivity contribution in [1.29, 1.82) is 0 Å². The fourth-order valence-corrected chi connectivity index (χ4v) is 1.96. The van der Waals surface area contributed by atoms with Gasteiger partial charge in [0.15, 0.2) is 0 Å². The van der Waals surface area contributed by atoms with Gasteiger partial charge in [0.25, 0.3) is 0 Å². The van der Waals surface area contributed by atoms with Crippen LogP contribution in [0.2, 0.25) is 0 Å². The maximum atomic E-state index is 10.5. The normalized spacial score (nSPS) is 12.4. The van der Waals surface area contributed by atoms with Crippen LogP contribution in [-0.4, -0.2) is 18.0 Å². The van der Waals surface area contributed by atoms with Gasteiger partial charge in [0, 0.05) is 12.3 Å². The molecule has 0 heterocycles. The van der Waals surface area contributed by atoms with Crippen molar-refractivity contribution in [2.45, 2.75) is 77.0 Å². The van der Waals surface area contributed by atoms with Crippen molar-refractivity contribution in [3.63, 3.8) is 0 Å². The van der Waals surface area contributed by atoms with Gasteiger partial charge < -0.3 is 4.74 Å². The van der Waals surface area contributed by atoms with Gasteiger partial charge in [-0.05, 0) is 19.8 Å². The second-order valence-electron chi connectivity index (χ2n) is 4.74. The predicted octanol–water partition coefficient (Wildman–Crippen LogP) is 4.69. The molecule has 3 heteroatoms. The van der Waals surface area contributed by atoms with Crippen LogP contribution >= 0.6 is 11.6 Å². The molecule has 17 heavy (non-hydrogen) atoms. The molecule has 1 atom stereocenters. The van der Waals surface area contributed by atoms with E-state index in [4.69, 9.17) is 16.3 Å². The molecule has 0 saturated carbocycles. The molecule has 0 aromatic rings. The second-order valence-corrected chi connectivity index (χ2v) is 5.48. The molecule has 1 unspecified atom stereocenters. The van der Waals surface area contributed by atoms with Crippen LogP contribution < -0.4 is 0 Å². The number of ether oxygens (including phenoxy) is 1. The molecule has 0 bridgehead atoms. The van der Waals surface area contributed by atoms with Crippen molar-refractivity contribution in [3.05, 3.63) is 0 Å². The smallest absolute Gasteiger partial charge is 0.302 e. The molecule has 102 valence electrons. The Morgan fingerprint density at radius 2 is 1.47 bits per heavy atom. The highest BCUT2D eigenvalue weighted by Crippen LogP contribution is 2.12. The van der Waals surface area contributed by atoms with Gasteiger partial charge in [0.05, 0.1) is 6.61 Å². The molecule has 0 aromatic heterocycles. The first-order chi connectivity index (χ1) is 8.13. The molecule has 0 aliphatic heterocycles. The maximum Gasteiger partial charge on any atom is 0.302 e. The number of halogens is 1. The first kappa shape index (κ1) is 16.8. The van der Waals surface area contributed by atoms with Gasteiger partial charge in [-0.2, -0.15) is 0 Å². The van der Waals surface area contributed by atoms with Gasteiger partial charge in [0.2, 0.25) is 0 Å². The molecular weight excluding hydrogens is 236 g/mol. The molecule has 0 radical (unpaired) electrons. The minimum atomic E-state index is -0.168. The number of hydrogen-bond donors (Lipinski definition) is 0. The first-order valence-corrected chi connectivity index (χ1v) is 7.34. The van der Waals surface area contributed by atoms with E-state index in [1.54, 1.807) is 0 Å². The lowest BCUT2D eigenvalue weighted by molar-refractivity contribution is -0.141. The minimum Gasteiger partial charge on any atom is -0.466 e. The quantitative estimate of drug-likeness (QED) is 0.307. The van der Waals surface area contributed by atoms with Gasteiger partial charge in [-0.15, -0.1) is 11.6 Å². The van der Waals surface area contributed by atoms with Crippen LogP contribution in [0, 0.1) is 0 Å². The fraction of sp³-hybridized carbons (Fsp3) is 0.929. The van der Waals surface area contributed by atoms with Gasteiger partial charge in [-0.3, -0.25) is 4.79 Å². The zero-order valence-electron chi connectivity index (χ0n) is 11.3. The highest BCUT2D eigenvalue weighted by atomic mass is 35.5. The van der Waals surface area contributed by atoms with E-state index in [9.17, 15) is 4.79 Å². The van der Waals surface area contributed by atoms with E-state index >= 15 is 0 Å².